The Morgan fingerprint density at radius 2 is 2.14 bits per heavy atom. The van der Waals surface area contributed by atoms with Crippen LogP contribution < -0.4 is 5.73 Å². The topological polar surface area (TPSA) is 119 Å². The van der Waals surface area contributed by atoms with Gasteiger partial charge in [-0.15, -0.1) is 0 Å². The summed E-state index contributed by atoms with van der Waals surface area (Å²) in [5, 5.41) is 20.0. The largest absolute Gasteiger partial charge is 0.387 e. The molecule has 0 radical (unpaired) electrons. The summed E-state index contributed by atoms with van der Waals surface area (Å²) in [5.41, 5.74) is 6.38. The second-order valence-electron chi connectivity index (χ2n) is 4.51. The van der Waals surface area contributed by atoms with E-state index in [2.05, 4.69) is 30.9 Å². The van der Waals surface area contributed by atoms with Gasteiger partial charge in [-0.1, -0.05) is 0 Å². The summed E-state index contributed by atoms with van der Waals surface area (Å²) in [6.45, 7) is 0. The summed E-state index contributed by atoms with van der Waals surface area (Å²) >= 11 is 2.62. The van der Waals surface area contributed by atoms with Crippen molar-refractivity contribution in [2.75, 3.05) is 5.73 Å². The summed E-state index contributed by atoms with van der Waals surface area (Å²) in [6, 6.07) is 0. The third-order valence-corrected chi connectivity index (χ3v) is 3.49. The molecular formula is C11H11BrFN5O3. The predicted octanol–water partition coefficient (Wildman–Crippen LogP) is 0.233. The Labute approximate surface area is 126 Å². The SMILES string of the molecule is Nc1ncnc2c1ncn2[C@@H]1O[C@H](/C=C(/F)Br)[C@@H](O)[C@H]1O. The second-order valence-corrected chi connectivity index (χ2v) is 5.27. The van der Waals surface area contributed by atoms with Gasteiger partial charge in [0.15, 0.2) is 22.4 Å². The third-order valence-electron chi connectivity index (χ3n) is 3.23. The van der Waals surface area contributed by atoms with Crippen LogP contribution in [0.5, 0.6) is 0 Å². The van der Waals surface area contributed by atoms with E-state index in [0.29, 0.717) is 11.2 Å². The Morgan fingerprint density at radius 1 is 1.38 bits per heavy atom. The number of halogens is 2. The van der Waals surface area contributed by atoms with Gasteiger partial charge >= 0.3 is 0 Å². The number of aliphatic hydroxyl groups excluding tert-OH is 2. The van der Waals surface area contributed by atoms with E-state index in [0.717, 1.165) is 6.08 Å². The minimum absolute atomic E-state index is 0.190. The highest BCUT2D eigenvalue weighted by Gasteiger charge is 2.43. The summed E-state index contributed by atoms with van der Waals surface area (Å²) in [7, 11) is 0. The van der Waals surface area contributed by atoms with Gasteiger partial charge in [0.1, 0.15) is 30.2 Å². The lowest BCUT2D eigenvalue weighted by Gasteiger charge is -2.16. The minimum atomic E-state index is -1.28. The van der Waals surface area contributed by atoms with Gasteiger partial charge in [0.25, 0.3) is 0 Å². The summed E-state index contributed by atoms with van der Waals surface area (Å²) in [5.74, 6) is 0.190. The number of fused-ring (bicyclic) bond motifs is 1. The van der Waals surface area contributed by atoms with Crippen LogP contribution in [0.15, 0.2) is 23.5 Å². The molecule has 1 aliphatic heterocycles. The highest BCUT2D eigenvalue weighted by atomic mass is 79.9. The van der Waals surface area contributed by atoms with E-state index in [1.807, 2.05) is 0 Å². The molecule has 4 atom stereocenters. The quantitative estimate of drug-likeness (QED) is 0.702. The number of aromatic nitrogens is 4. The molecule has 3 heterocycles. The van der Waals surface area contributed by atoms with Crippen molar-refractivity contribution in [3.8, 4) is 0 Å². The Hall–Kier alpha value is -1.62. The zero-order valence-electron chi connectivity index (χ0n) is 10.5. The molecule has 0 saturated carbocycles. The Bertz CT molecular complexity index is 704. The first-order valence-electron chi connectivity index (χ1n) is 5.96. The molecule has 2 aromatic heterocycles. The molecule has 2 aromatic rings. The Morgan fingerprint density at radius 3 is 2.86 bits per heavy atom. The molecule has 112 valence electrons. The molecule has 21 heavy (non-hydrogen) atoms. The van der Waals surface area contributed by atoms with Crippen molar-refractivity contribution in [1.82, 2.24) is 19.5 Å². The van der Waals surface area contributed by atoms with E-state index < -0.39 is 29.3 Å². The lowest BCUT2D eigenvalue weighted by Crippen LogP contribution is -2.30. The van der Waals surface area contributed by atoms with Crippen LogP contribution in [0.4, 0.5) is 10.2 Å². The fraction of sp³-hybridized carbons (Fsp3) is 0.364. The number of aliphatic hydroxyl groups is 2. The van der Waals surface area contributed by atoms with Crippen LogP contribution in [0.1, 0.15) is 6.23 Å². The number of anilines is 1. The third kappa shape index (κ3) is 2.39. The van der Waals surface area contributed by atoms with Crippen LogP contribution in [-0.2, 0) is 4.74 Å². The van der Waals surface area contributed by atoms with Crippen LogP contribution in [0.3, 0.4) is 0 Å². The summed E-state index contributed by atoms with van der Waals surface area (Å²) in [4.78, 5) is 11.9. The van der Waals surface area contributed by atoms with Crippen molar-refractivity contribution in [1.29, 1.82) is 0 Å². The van der Waals surface area contributed by atoms with Crippen LogP contribution in [0, 0.1) is 0 Å². The molecule has 0 aromatic carbocycles. The zero-order valence-corrected chi connectivity index (χ0v) is 12.1. The minimum Gasteiger partial charge on any atom is -0.387 e. The predicted molar refractivity (Wildman–Crippen MR) is 73.8 cm³/mol. The van der Waals surface area contributed by atoms with E-state index >= 15 is 0 Å². The first-order valence-corrected chi connectivity index (χ1v) is 6.75. The van der Waals surface area contributed by atoms with Gasteiger partial charge in [-0.2, -0.15) is 4.39 Å². The van der Waals surface area contributed by atoms with E-state index in [9.17, 15) is 14.6 Å². The zero-order chi connectivity index (χ0) is 15.1. The van der Waals surface area contributed by atoms with Crippen molar-refractivity contribution in [3.63, 3.8) is 0 Å². The number of nitrogen functional groups attached to an aromatic ring is 1. The average molecular weight is 360 g/mol. The maximum atomic E-state index is 12.9. The molecule has 0 unspecified atom stereocenters. The van der Waals surface area contributed by atoms with Crippen molar-refractivity contribution >= 4 is 32.9 Å². The number of hydrogen-bond acceptors (Lipinski definition) is 7. The smallest absolute Gasteiger partial charge is 0.167 e. The fourth-order valence-electron chi connectivity index (χ4n) is 2.23. The van der Waals surface area contributed by atoms with Gasteiger partial charge < -0.3 is 20.7 Å². The number of ether oxygens (including phenoxy) is 1. The van der Waals surface area contributed by atoms with Crippen LogP contribution in [0.2, 0.25) is 0 Å². The van der Waals surface area contributed by atoms with Gasteiger partial charge in [-0.05, 0) is 22.0 Å². The van der Waals surface area contributed by atoms with Gasteiger partial charge in [0.05, 0.1) is 6.33 Å². The average Bonchev–Trinajstić information content (AvgIpc) is 2.96. The number of nitrogens with zero attached hydrogens (tertiary/aromatic N) is 4. The first-order chi connectivity index (χ1) is 9.99. The van der Waals surface area contributed by atoms with E-state index in [1.54, 1.807) is 0 Å². The fourth-order valence-corrected chi connectivity index (χ4v) is 2.49. The molecule has 8 nitrogen and oxygen atoms in total. The van der Waals surface area contributed by atoms with Crippen LogP contribution >= 0.6 is 15.9 Å². The van der Waals surface area contributed by atoms with Crippen molar-refractivity contribution in [2.24, 2.45) is 0 Å². The van der Waals surface area contributed by atoms with Gasteiger partial charge in [-0.3, -0.25) is 4.57 Å². The van der Waals surface area contributed by atoms with E-state index in [-0.39, 0.29) is 5.82 Å². The monoisotopic (exact) mass is 359 g/mol. The number of imidazole rings is 1. The number of hydrogen-bond donors (Lipinski definition) is 3. The maximum absolute atomic E-state index is 12.9. The molecule has 0 bridgehead atoms. The molecule has 1 fully saturated rings. The molecule has 1 aliphatic rings. The van der Waals surface area contributed by atoms with Crippen LogP contribution in [-0.4, -0.2) is 48.0 Å². The molecule has 4 N–H and O–H groups in total. The molecule has 10 heteroatoms. The normalized spacial score (nSPS) is 30.2. The molecular weight excluding hydrogens is 349 g/mol. The van der Waals surface area contributed by atoms with Gasteiger partial charge in [0.2, 0.25) is 0 Å². The molecule has 0 amide bonds. The lowest BCUT2D eigenvalue weighted by molar-refractivity contribution is -0.0246. The number of rotatable bonds is 2. The van der Waals surface area contributed by atoms with Gasteiger partial charge in [0, 0.05) is 0 Å². The van der Waals surface area contributed by atoms with Crippen LogP contribution in [0.25, 0.3) is 11.2 Å². The molecule has 0 spiro atoms. The standard InChI is InChI=1S/C11H11BrFN5O3/c12-5(13)1-4-7(19)8(20)11(21-4)18-3-17-6-9(14)15-2-16-10(6)18/h1-4,7-8,11,19-20H,(H2,14,15,16)/b5-1+/t4-,7-,8-,11-/m1/s1. The molecule has 1 saturated heterocycles. The number of nitrogens with two attached hydrogens (primary N) is 1. The van der Waals surface area contributed by atoms with Crippen molar-refractivity contribution in [3.05, 3.63) is 23.5 Å². The molecule has 0 aliphatic carbocycles. The van der Waals surface area contributed by atoms with E-state index in [1.165, 1.54) is 17.2 Å². The van der Waals surface area contributed by atoms with Crippen molar-refractivity contribution in [2.45, 2.75) is 24.5 Å². The Kier molecular flexibility index (Phi) is 3.61. The molecule has 3 rings (SSSR count). The second kappa shape index (κ2) is 5.30. The first kappa shape index (κ1) is 14.3. The van der Waals surface area contributed by atoms with Crippen molar-refractivity contribution < 1.29 is 19.3 Å². The van der Waals surface area contributed by atoms with E-state index in [4.69, 9.17) is 10.5 Å². The van der Waals surface area contributed by atoms with Gasteiger partial charge in [-0.25, -0.2) is 15.0 Å². The lowest BCUT2D eigenvalue weighted by atomic mass is 10.1. The Balaban J connectivity index is 2.00. The highest BCUT2D eigenvalue weighted by molar-refractivity contribution is 9.11. The summed E-state index contributed by atoms with van der Waals surface area (Å²) in [6.07, 6.45) is -0.873. The maximum Gasteiger partial charge on any atom is 0.167 e. The highest BCUT2D eigenvalue weighted by Crippen LogP contribution is 2.33. The summed E-state index contributed by atoms with van der Waals surface area (Å²) < 4.78 is 19.1.